The fourth-order valence-corrected chi connectivity index (χ4v) is 4.86. The van der Waals surface area contributed by atoms with Gasteiger partial charge in [0.05, 0.1) is 11.8 Å². The van der Waals surface area contributed by atoms with Gasteiger partial charge in [0.15, 0.2) is 0 Å². The first kappa shape index (κ1) is 20.5. The number of benzene rings is 1. The highest BCUT2D eigenvalue weighted by atomic mass is 16.4. The Balaban J connectivity index is 2.18. The number of amides is 2. The Hall–Kier alpha value is -2.21. The standard InChI is InChI=1S/C22H30N2O4/c1-6-7-12-22(20(27)28)16-15(18(25)24(19(16)26)21(3,4)5)17(23-22)14-11-9-8-10-13(14)2/h8-11,15-17,23H,6-7,12H2,1-5H3,(H,27,28). The van der Waals surface area contributed by atoms with Crippen LogP contribution in [0.1, 0.15) is 64.1 Å². The molecule has 6 nitrogen and oxygen atoms in total. The van der Waals surface area contributed by atoms with Gasteiger partial charge in [0.1, 0.15) is 5.54 Å². The number of imide groups is 1. The molecule has 1 aromatic carbocycles. The van der Waals surface area contributed by atoms with Crippen molar-refractivity contribution in [1.82, 2.24) is 10.2 Å². The monoisotopic (exact) mass is 386 g/mol. The molecule has 2 amide bonds. The molecule has 0 bridgehead atoms. The largest absolute Gasteiger partial charge is 0.480 e. The number of hydrogen-bond acceptors (Lipinski definition) is 4. The molecule has 0 radical (unpaired) electrons. The molecule has 4 atom stereocenters. The predicted octanol–water partition coefficient (Wildman–Crippen LogP) is 3.05. The van der Waals surface area contributed by atoms with Gasteiger partial charge in [-0.15, -0.1) is 0 Å². The van der Waals surface area contributed by atoms with Crippen molar-refractivity contribution in [2.75, 3.05) is 0 Å². The van der Waals surface area contributed by atoms with E-state index in [1.54, 1.807) is 0 Å². The van der Waals surface area contributed by atoms with Gasteiger partial charge in [-0.05, 0) is 45.2 Å². The number of unbranched alkanes of at least 4 members (excludes halogenated alkanes) is 1. The van der Waals surface area contributed by atoms with Crippen LogP contribution in [0, 0.1) is 18.8 Å². The molecule has 4 unspecified atom stereocenters. The van der Waals surface area contributed by atoms with Crippen LogP contribution in [0.25, 0.3) is 0 Å². The third-order valence-corrected chi connectivity index (χ3v) is 6.15. The molecule has 1 aromatic rings. The third-order valence-electron chi connectivity index (χ3n) is 6.15. The van der Waals surface area contributed by atoms with E-state index in [2.05, 4.69) is 5.32 Å². The minimum Gasteiger partial charge on any atom is -0.480 e. The second-order valence-electron chi connectivity index (χ2n) is 9.04. The molecular weight excluding hydrogens is 356 g/mol. The van der Waals surface area contributed by atoms with Crippen LogP contribution >= 0.6 is 0 Å². The lowest BCUT2D eigenvalue weighted by Crippen LogP contribution is -2.57. The van der Waals surface area contributed by atoms with Gasteiger partial charge in [-0.2, -0.15) is 0 Å². The van der Waals surface area contributed by atoms with Crippen LogP contribution in [0.4, 0.5) is 0 Å². The summed E-state index contributed by atoms with van der Waals surface area (Å²) < 4.78 is 0. The van der Waals surface area contributed by atoms with Gasteiger partial charge >= 0.3 is 5.97 Å². The molecular formula is C22H30N2O4. The zero-order valence-corrected chi connectivity index (χ0v) is 17.3. The quantitative estimate of drug-likeness (QED) is 0.760. The first-order chi connectivity index (χ1) is 13.1. The number of rotatable bonds is 5. The van der Waals surface area contributed by atoms with Gasteiger partial charge in [-0.1, -0.05) is 44.0 Å². The minimum atomic E-state index is -1.43. The van der Waals surface area contributed by atoms with Gasteiger partial charge in [-0.3, -0.25) is 24.6 Å². The van der Waals surface area contributed by atoms with E-state index in [0.717, 1.165) is 17.5 Å². The molecule has 2 aliphatic rings. The van der Waals surface area contributed by atoms with E-state index < -0.39 is 34.9 Å². The molecule has 0 spiro atoms. The van der Waals surface area contributed by atoms with Crippen molar-refractivity contribution in [3.8, 4) is 0 Å². The first-order valence-corrected chi connectivity index (χ1v) is 10.0. The lowest BCUT2D eigenvalue weighted by molar-refractivity contribution is -0.154. The molecule has 2 saturated heterocycles. The van der Waals surface area contributed by atoms with Gasteiger partial charge in [0.2, 0.25) is 11.8 Å². The number of aliphatic carboxylic acids is 1. The van der Waals surface area contributed by atoms with Gasteiger partial charge in [0, 0.05) is 11.6 Å². The number of carbonyl (C=O) groups is 3. The summed E-state index contributed by atoms with van der Waals surface area (Å²) in [7, 11) is 0. The molecule has 28 heavy (non-hydrogen) atoms. The fraction of sp³-hybridized carbons (Fsp3) is 0.591. The molecule has 0 aromatic heterocycles. The summed E-state index contributed by atoms with van der Waals surface area (Å²) in [6.45, 7) is 9.38. The van der Waals surface area contributed by atoms with Gasteiger partial charge in [-0.25, -0.2) is 0 Å². The minimum absolute atomic E-state index is 0.275. The lowest BCUT2D eigenvalue weighted by Gasteiger charge is -2.35. The second-order valence-corrected chi connectivity index (χ2v) is 9.04. The van der Waals surface area contributed by atoms with E-state index in [-0.39, 0.29) is 11.8 Å². The second kappa shape index (κ2) is 6.99. The van der Waals surface area contributed by atoms with Crippen LogP contribution in [-0.2, 0) is 14.4 Å². The highest BCUT2D eigenvalue weighted by Crippen LogP contribution is 2.52. The summed E-state index contributed by atoms with van der Waals surface area (Å²) in [4.78, 5) is 40.6. The van der Waals surface area contributed by atoms with E-state index >= 15 is 0 Å². The van der Waals surface area contributed by atoms with Gasteiger partial charge < -0.3 is 5.11 Å². The van der Waals surface area contributed by atoms with Crippen molar-refractivity contribution >= 4 is 17.8 Å². The molecule has 2 aliphatic heterocycles. The van der Waals surface area contributed by atoms with E-state index in [1.807, 2.05) is 58.9 Å². The number of hydrogen-bond donors (Lipinski definition) is 2. The highest BCUT2D eigenvalue weighted by molar-refractivity contribution is 6.10. The van der Waals surface area contributed by atoms with Crippen LogP contribution < -0.4 is 5.32 Å². The van der Waals surface area contributed by atoms with Crippen molar-refractivity contribution in [3.05, 3.63) is 35.4 Å². The van der Waals surface area contributed by atoms with Crippen molar-refractivity contribution in [2.45, 2.75) is 71.0 Å². The van der Waals surface area contributed by atoms with E-state index in [9.17, 15) is 19.5 Å². The molecule has 3 rings (SSSR count). The SMILES string of the molecule is CCCCC1(C(=O)O)NC(c2ccccc2C)C2C(=O)N(C(C)(C)C)C(=O)C21. The van der Waals surface area contributed by atoms with Crippen molar-refractivity contribution in [1.29, 1.82) is 0 Å². The molecule has 2 fully saturated rings. The molecule has 0 saturated carbocycles. The zero-order valence-electron chi connectivity index (χ0n) is 17.3. The molecule has 2 N–H and O–H groups in total. The Morgan fingerprint density at radius 3 is 2.39 bits per heavy atom. The van der Waals surface area contributed by atoms with Crippen LogP contribution in [0.2, 0.25) is 0 Å². The fourth-order valence-electron chi connectivity index (χ4n) is 4.86. The number of carboxylic acid groups (broad SMARTS) is 1. The lowest BCUT2D eigenvalue weighted by atomic mass is 9.76. The maximum atomic E-state index is 13.4. The number of carbonyl (C=O) groups excluding carboxylic acids is 2. The molecule has 6 heteroatoms. The Labute approximate surface area is 166 Å². The number of likely N-dealkylation sites (tertiary alicyclic amines) is 1. The Kier molecular flexibility index (Phi) is 5.13. The summed E-state index contributed by atoms with van der Waals surface area (Å²) in [6, 6.07) is 7.16. The number of carboxylic acids is 1. The first-order valence-electron chi connectivity index (χ1n) is 10.0. The van der Waals surface area contributed by atoms with E-state index in [1.165, 1.54) is 4.90 Å². The number of fused-ring (bicyclic) bond motifs is 1. The van der Waals surface area contributed by atoms with Crippen molar-refractivity contribution < 1.29 is 19.5 Å². The smallest absolute Gasteiger partial charge is 0.324 e. The molecule has 0 aliphatic carbocycles. The summed E-state index contributed by atoms with van der Waals surface area (Å²) in [5.41, 5.74) is -0.261. The summed E-state index contributed by atoms with van der Waals surface area (Å²) in [6.07, 6.45) is 1.80. The molecule has 152 valence electrons. The average molecular weight is 386 g/mol. The average Bonchev–Trinajstić information content (AvgIpc) is 3.08. The topological polar surface area (TPSA) is 86.7 Å². The van der Waals surface area contributed by atoms with Crippen LogP contribution in [-0.4, -0.2) is 38.9 Å². The summed E-state index contributed by atoms with van der Waals surface area (Å²) in [5.74, 6) is -3.30. The number of aryl methyl sites for hydroxylation is 1. The molecule has 2 heterocycles. The van der Waals surface area contributed by atoms with Crippen molar-refractivity contribution in [2.24, 2.45) is 11.8 Å². The van der Waals surface area contributed by atoms with Crippen LogP contribution in [0.5, 0.6) is 0 Å². The van der Waals surface area contributed by atoms with Crippen molar-refractivity contribution in [3.63, 3.8) is 0 Å². The maximum Gasteiger partial charge on any atom is 0.324 e. The Bertz CT molecular complexity index is 813. The Morgan fingerprint density at radius 1 is 1.21 bits per heavy atom. The summed E-state index contributed by atoms with van der Waals surface area (Å²) >= 11 is 0. The normalized spacial score (nSPS) is 30.0. The maximum absolute atomic E-state index is 13.4. The zero-order chi connectivity index (χ0) is 20.9. The Morgan fingerprint density at radius 2 is 1.86 bits per heavy atom. The summed E-state index contributed by atoms with van der Waals surface area (Å²) in [5, 5.41) is 13.5. The third kappa shape index (κ3) is 2.94. The predicted molar refractivity (Wildman–Crippen MR) is 106 cm³/mol. The number of nitrogens with one attached hydrogen (secondary N) is 1. The van der Waals surface area contributed by atoms with Crippen LogP contribution in [0.15, 0.2) is 24.3 Å². The highest BCUT2D eigenvalue weighted by Gasteiger charge is 2.69. The van der Waals surface area contributed by atoms with E-state index in [0.29, 0.717) is 12.8 Å². The number of nitrogens with zero attached hydrogens (tertiary/aromatic N) is 1. The van der Waals surface area contributed by atoms with Gasteiger partial charge in [0.25, 0.3) is 0 Å². The van der Waals surface area contributed by atoms with E-state index in [4.69, 9.17) is 0 Å². The van der Waals surface area contributed by atoms with Crippen LogP contribution in [0.3, 0.4) is 0 Å².